The van der Waals surface area contributed by atoms with E-state index in [0.717, 1.165) is 11.3 Å². The molecule has 0 spiro atoms. The highest BCUT2D eigenvalue weighted by Gasteiger charge is 2.23. The number of nitrogens with one attached hydrogen (secondary N) is 1. The standard InChI is InChI=1S/C15H24N4.HI/c1-11(2)9-18-14(16)19-10-15(4,5)13-12(3)7-6-8-17-13;/h6-8H,1,9-10H2,2-5H3,(H3,16,18,19);1H. The van der Waals surface area contributed by atoms with E-state index in [1.807, 2.05) is 19.2 Å². The maximum Gasteiger partial charge on any atom is 0.188 e. The summed E-state index contributed by atoms with van der Waals surface area (Å²) in [5.41, 5.74) is 8.95. The lowest BCUT2D eigenvalue weighted by molar-refractivity contribution is 0.518. The van der Waals surface area contributed by atoms with Crippen molar-refractivity contribution in [1.29, 1.82) is 0 Å². The second-order valence-electron chi connectivity index (χ2n) is 5.56. The summed E-state index contributed by atoms with van der Waals surface area (Å²) in [5.74, 6) is 0.449. The monoisotopic (exact) mass is 388 g/mol. The van der Waals surface area contributed by atoms with E-state index in [1.165, 1.54) is 5.56 Å². The fraction of sp³-hybridized carbons (Fsp3) is 0.467. The van der Waals surface area contributed by atoms with Crippen LogP contribution in [0, 0.1) is 6.92 Å². The van der Waals surface area contributed by atoms with E-state index >= 15 is 0 Å². The van der Waals surface area contributed by atoms with Gasteiger partial charge in [0.1, 0.15) is 0 Å². The summed E-state index contributed by atoms with van der Waals surface area (Å²) in [5, 5.41) is 3.03. The van der Waals surface area contributed by atoms with E-state index in [9.17, 15) is 0 Å². The first-order valence-electron chi connectivity index (χ1n) is 6.43. The maximum absolute atomic E-state index is 5.82. The number of halogens is 1. The van der Waals surface area contributed by atoms with Gasteiger partial charge in [-0.2, -0.15) is 0 Å². The molecule has 0 saturated carbocycles. The average molecular weight is 388 g/mol. The van der Waals surface area contributed by atoms with Crippen LogP contribution in [0.2, 0.25) is 0 Å². The maximum atomic E-state index is 5.82. The number of aromatic nitrogens is 1. The average Bonchev–Trinajstić information content (AvgIpc) is 2.34. The van der Waals surface area contributed by atoms with E-state index in [2.05, 4.69) is 48.7 Å². The molecule has 0 aliphatic rings. The Hall–Kier alpha value is -1.11. The number of aliphatic imine (C=N–C) groups is 1. The molecule has 1 aromatic heterocycles. The minimum absolute atomic E-state index is 0. The minimum Gasteiger partial charge on any atom is -0.370 e. The lowest BCUT2D eigenvalue weighted by Gasteiger charge is -2.23. The highest BCUT2D eigenvalue weighted by atomic mass is 127. The molecule has 0 bridgehead atoms. The number of rotatable bonds is 5. The van der Waals surface area contributed by atoms with Crippen molar-refractivity contribution in [2.45, 2.75) is 33.1 Å². The van der Waals surface area contributed by atoms with Crippen LogP contribution < -0.4 is 11.1 Å². The Labute approximate surface area is 139 Å². The summed E-state index contributed by atoms with van der Waals surface area (Å²) in [7, 11) is 0. The van der Waals surface area contributed by atoms with E-state index < -0.39 is 0 Å². The van der Waals surface area contributed by atoms with Crippen molar-refractivity contribution in [3.63, 3.8) is 0 Å². The molecule has 0 fully saturated rings. The summed E-state index contributed by atoms with van der Waals surface area (Å²) < 4.78 is 0. The van der Waals surface area contributed by atoms with Crippen LogP contribution >= 0.6 is 24.0 Å². The van der Waals surface area contributed by atoms with Crippen LogP contribution in [0.3, 0.4) is 0 Å². The molecule has 1 aromatic rings. The van der Waals surface area contributed by atoms with Crippen LogP contribution in [-0.2, 0) is 5.41 Å². The molecule has 0 aromatic carbocycles. The number of nitrogens with two attached hydrogens (primary N) is 1. The lowest BCUT2D eigenvalue weighted by atomic mass is 9.86. The SMILES string of the molecule is C=C(C)CNC(N)=NCC(C)(C)c1ncccc1C.I. The molecule has 0 aliphatic carbocycles. The Morgan fingerprint density at radius 1 is 1.50 bits per heavy atom. The molecule has 0 atom stereocenters. The largest absolute Gasteiger partial charge is 0.370 e. The second-order valence-corrected chi connectivity index (χ2v) is 5.56. The molecule has 3 N–H and O–H groups in total. The predicted molar refractivity (Wildman–Crippen MR) is 96.7 cm³/mol. The van der Waals surface area contributed by atoms with Crippen LogP contribution in [0.4, 0.5) is 0 Å². The highest BCUT2D eigenvalue weighted by molar-refractivity contribution is 14.0. The number of nitrogens with zero attached hydrogens (tertiary/aromatic N) is 2. The van der Waals surface area contributed by atoms with Gasteiger partial charge in [-0.05, 0) is 25.5 Å². The van der Waals surface area contributed by atoms with Crippen molar-refractivity contribution in [2.24, 2.45) is 10.7 Å². The summed E-state index contributed by atoms with van der Waals surface area (Å²) >= 11 is 0. The topological polar surface area (TPSA) is 63.3 Å². The quantitative estimate of drug-likeness (QED) is 0.353. The molecule has 1 heterocycles. The first kappa shape index (κ1) is 18.9. The zero-order valence-corrected chi connectivity index (χ0v) is 15.1. The van der Waals surface area contributed by atoms with Gasteiger partial charge in [-0.1, -0.05) is 32.1 Å². The first-order valence-corrected chi connectivity index (χ1v) is 6.43. The van der Waals surface area contributed by atoms with Crippen molar-refractivity contribution in [2.75, 3.05) is 13.1 Å². The number of hydrogen-bond donors (Lipinski definition) is 2. The zero-order valence-electron chi connectivity index (χ0n) is 12.7. The first-order chi connectivity index (χ1) is 8.83. The van der Waals surface area contributed by atoms with Crippen LogP contribution in [0.25, 0.3) is 0 Å². The second kappa shape index (κ2) is 8.24. The van der Waals surface area contributed by atoms with Gasteiger partial charge in [0.15, 0.2) is 5.96 Å². The number of aryl methyl sites for hydroxylation is 1. The molecule has 0 unspecified atom stereocenters. The van der Waals surface area contributed by atoms with Crippen LogP contribution in [0.5, 0.6) is 0 Å². The van der Waals surface area contributed by atoms with Crippen molar-refractivity contribution in [3.8, 4) is 0 Å². The molecule has 0 saturated heterocycles. The van der Waals surface area contributed by atoms with Gasteiger partial charge in [0.2, 0.25) is 0 Å². The summed E-state index contributed by atoms with van der Waals surface area (Å²) in [4.78, 5) is 8.85. The van der Waals surface area contributed by atoms with E-state index in [4.69, 9.17) is 5.73 Å². The molecule has 5 heteroatoms. The summed E-state index contributed by atoms with van der Waals surface area (Å²) in [6.45, 7) is 13.3. The molecule has 0 amide bonds. The fourth-order valence-electron chi connectivity index (χ4n) is 1.85. The Bertz CT molecular complexity index is 481. The Kier molecular flexibility index (Phi) is 7.78. The minimum atomic E-state index is -0.138. The van der Waals surface area contributed by atoms with Crippen molar-refractivity contribution < 1.29 is 0 Å². The van der Waals surface area contributed by atoms with Crippen molar-refractivity contribution in [3.05, 3.63) is 41.7 Å². The molecule has 0 aliphatic heterocycles. The van der Waals surface area contributed by atoms with Crippen molar-refractivity contribution >= 4 is 29.9 Å². The number of hydrogen-bond acceptors (Lipinski definition) is 2. The van der Waals surface area contributed by atoms with Gasteiger partial charge in [-0.25, -0.2) is 0 Å². The third-order valence-electron chi connectivity index (χ3n) is 2.87. The number of guanidine groups is 1. The Balaban J connectivity index is 0.00000361. The van der Waals surface area contributed by atoms with Crippen LogP contribution in [0.15, 0.2) is 35.5 Å². The van der Waals surface area contributed by atoms with Gasteiger partial charge in [0.05, 0.1) is 12.2 Å². The van der Waals surface area contributed by atoms with E-state index in [0.29, 0.717) is 19.0 Å². The van der Waals surface area contributed by atoms with Crippen LogP contribution in [-0.4, -0.2) is 24.0 Å². The lowest BCUT2D eigenvalue weighted by Crippen LogP contribution is -2.35. The smallest absolute Gasteiger partial charge is 0.188 e. The number of pyridine rings is 1. The highest BCUT2D eigenvalue weighted by Crippen LogP contribution is 2.24. The van der Waals surface area contributed by atoms with E-state index in [1.54, 1.807) is 0 Å². The summed E-state index contributed by atoms with van der Waals surface area (Å²) in [6, 6.07) is 4.01. The third kappa shape index (κ3) is 5.90. The van der Waals surface area contributed by atoms with Gasteiger partial charge in [-0.15, -0.1) is 24.0 Å². The normalized spacial score (nSPS) is 11.7. The van der Waals surface area contributed by atoms with Gasteiger partial charge < -0.3 is 11.1 Å². The van der Waals surface area contributed by atoms with E-state index in [-0.39, 0.29) is 29.4 Å². The Morgan fingerprint density at radius 2 is 2.15 bits per heavy atom. The molecular weight excluding hydrogens is 363 g/mol. The van der Waals surface area contributed by atoms with Crippen molar-refractivity contribution in [1.82, 2.24) is 10.3 Å². The molecule has 0 radical (unpaired) electrons. The van der Waals surface area contributed by atoms with Gasteiger partial charge >= 0.3 is 0 Å². The zero-order chi connectivity index (χ0) is 14.5. The van der Waals surface area contributed by atoms with Gasteiger partial charge in [0, 0.05) is 18.2 Å². The van der Waals surface area contributed by atoms with Gasteiger partial charge in [0.25, 0.3) is 0 Å². The molecule has 1 rings (SSSR count). The molecular formula is C15H25IN4. The van der Waals surface area contributed by atoms with Gasteiger partial charge in [-0.3, -0.25) is 9.98 Å². The fourth-order valence-corrected chi connectivity index (χ4v) is 1.85. The molecule has 4 nitrogen and oxygen atoms in total. The summed E-state index contributed by atoms with van der Waals surface area (Å²) in [6.07, 6.45) is 1.82. The Morgan fingerprint density at radius 3 is 2.70 bits per heavy atom. The van der Waals surface area contributed by atoms with Crippen LogP contribution in [0.1, 0.15) is 32.0 Å². The molecule has 20 heavy (non-hydrogen) atoms. The predicted octanol–water partition coefficient (Wildman–Crippen LogP) is 2.77. The third-order valence-corrected chi connectivity index (χ3v) is 2.87. The molecule has 112 valence electrons.